The molecule has 1 fully saturated rings. The molecule has 5 rings (SSSR count). The van der Waals surface area contributed by atoms with Gasteiger partial charge in [0.15, 0.2) is 0 Å². The van der Waals surface area contributed by atoms with Gasteiger partial charge >= 0.3 is 35.0 Å². The molecule has 32 heavy (non-hydrogen) atoms. The molecule has 3 aromatic rings. The fourth-order valence-corrected chi connectivity index (χ4v) is 16.4. The van der Waals surface area contributed by atoms with E-state index in [4.69, 9.17) is 30.9 Å². The molecular formula is C26H26Cl2P2PdS. The van der Waals surface area contributed by atoms with E-state index < -0.39 is 14.0 Å². The van der Waals surface area contributed by atoms with Gasteiger partial charge in [-0.1, -0.05) is 114 Å². The number of hydrogen-bond donors (Lipinski definition) is 0. The minimum atomic E-state index is -1.68. The average molecular weight is 610 g/mol. The standard InChI is InChI=1S/C26H26P2S.2ClH.Pd/c1-19-20(2)26-24(18-25(19)28(26,29)23-16-10-5-11-17-23)27(21-12-6-3-7-13-21)22-14-8-4-9-15-22;;;/h3-17,24-26H,18H2,1-2H3;2*1H;/q;;;+2/p-2/t24-,25+,26+,28-;;;/m0.../s1. The quantitative estimate of drug-likeness (QED) is 0.172. The summed E-state index contributed by atoms with van der Waals surface area (Å²) in [5, 5.41) is 4.43. The zero-order chi connectivity index (χ0) is 22.7. The predicted octanol–water partition coefficient (Wildman–Crippen LogP) is 7.16. The first-order valence-electron chi connectivity index (χ1n) is 10.6. The van der Waals surface area contributed by atoms with Gasteiger partial charge in [0, 0.05) is 11.3 Å². The van der Waals surface area contributed by atoms with E-state index in [9.17, 15) is 0 Å². The van der Waals surface area contributed by atoms with E-state index in [1.54, 1.807) is 11.1 Å². The minimum absolute atomic E-state index is 0.106. The van der Waals surface area contributed by atoms with Gasteiger partial charge in [0.1, 0.15) is 0 Å². The molecule has 0 aliphatic carbocycles. The zero-order valence-corrected chi connectivity index (χ0v) is 23.6. The van der Waals surface area contributed by atoms with Crippen molar-refractivity contribution < 1.29 is 15.9 Å². The van der Waals surface area contributed by atoms with Gasteiger partial charge < -0.3 is 0 Å². The molecule has 2 aliphatic rings. The molecule has 0 aromatic heterocycles. The second-order valence-electron chi connectivity index (χ2n) is 8.26. The summed E-state index contributed by atoms with van der Waals surface area (Å²) >= 11 is 6.57. The maximum absolute atomic E-state index is 6.67. The van der Waals surface area contributed by atoms with Crippen molar-refractivity contribution in [2.45, 2.75) is 37.2 Å². The molecule has 0 unspecified atom stereocenters. The Bertz CT molecular complexity index is 1080. The van der Waals surface area contributed by atoms with Crippen LogP contribution in [0.2, 0.25) is 0 Å². The first-order chi connectivity index (χ1) is 15.5. The van der Waals surface area contributed by atoms with Crippen LogP contribution in [0.3, 0.4) is 0 Å². The summed E-state index contributed by atoms with van der Waals surface area (Å²) in [7, 11) is 9.19. The molecule has 0 saturated carbocycles. The predicted molar refractivity (Wildman–Crippen MR) is 145 cm³/mol. The Morgan fingerprint density at radius 3 is 1.69 bits per heavy atom. The Morgan fingerprint density at radius 2 is 1.22 bits per heavy atom. The van der Waals surface area contributed by atoms with E-state index in [0.29, 0.717) is 17.0 Å². The Balaban J connectivity index is 0.000000775. The molecule has 0 spiro atoms. The van der Waals surface area contributed by atoms with Crippen molar-refractivity contribution in [3.63, 3.8) is 0 Å². The van der Waals surface area contributed by atoms with Crippen LogP contribution in [0.15, 0.2) is 102 Å². The summed E-state index contributed by atoms with van der Waals surface area (Å²) in [5.41, 5.74) is 4.94. The van der Waals surface area contributed by atoms with Gasteiger partial charge in [-0.2, -0.15) is 0 Å². The molecule has 2 heterocycles. The van der Waals surface area contributed by atoms with E-state index in [1.807, 2.05) is 0 Å². The average Bonchev–Trinajstić information content (AvgIpc) is 3.23. The van der Waals surface area contributed by atoms with Crippen molar-refractivity contribution >= 4 is 60.7 Å². The summed E-state index contributed by atoms with van der Waals surface area (Å²) in [5.74, 6) is 0. The van der Waals surface area contributed by atoms with Crippen LogP contribution in [0, 0.1) is 0 Å². The van der Waals surface area contributed by atoms with Crippen LogP contribution in [-0.2, 0) is 27.7 Å². The maximum atomic E-state index is 6.67. The summed E-state index contributed by atoms with van der Waals surface area (Å²) in [6.45, 7) is 4.73. The fraction of sp³-hybridized carbons (Fsp3) is 0.231. The van der Waals surface area contributed by atoms with Crippen LogP contribution < -0.4 is 15.9 Å². The normalized spacial score (nSPS) is 26.3. The Morgan fingerprint density at radius 1 is 0.781 bits per heavy atom. The number of halogens is 2. The summed E-state index contributed by atoms with van der Waals surface area (Å²) in [4.78, 5) is 0. The molecule has 0 radical (unpaired) electrons. The number of hydrogen-bond acceptors (Lipinski definition) is 1. The van der Waals surface area contributed by atoms with Crippen LogP contribution in [0.1, 0.15) is 20.3 Å². The second kappa shape index (κ2) is 11.0. The monoisotopic (exact) mass is 608 g/mol. The van der Waals surface area contributed by atoms with Gasteiger partial charge in [0.2, 0.25) is 0 Å². The third kappa shape index (κ3) is 4.51. The SMILES string of the molecule is CC1=C(C)[C@@H]2[C@@H](P(c3ccccc3)c3ccccc3)C[C@H]1[P@@]2(=S)c1ccccc1.[Cl][Pd][Cl]. The molecule has 2 bridgehead atoms. The third-order valence-corrected chi connectivity index (χ3v) is 16.2. The summed E-state index contributed by atoms with van der Waals surface area (Å²) in [6, 6.07) is 31.8. The van der Waals surface area contributed by atoms with E-state index in [-0.39, 0.29) is 15.9 Å². The van der Waals surface area contributed by atoms with Crippen molar-refractivity contribution in [3.8, 4) is 0 Å². The zero-order valence-electron chi connectivity index (χ0n) is 18.0. The Hall–Kier alpha value is -0.278. The Kier molecular flexibility index (Phi) is 8.52. The van der Waals surface area contributed by atoms with E-state index in [0.717, 1.165) is 0 Å². The van der Waals surface area contributed by atoms with Crippen molar-refractivity contribution in [3.05, 3.63) is 102 Å². The molecule has 170 valence electrons. The van der Waals surface area contributed by atoms with E-state index >= 15 is 0 Å². The van der Waals surface area contributed by atoms with Crippen LogP contribution in [0.5, 0.6) is 0 Å². The van der Waals surface area contributed by atoms with Crippen molar-refractivity contribution in [1.82, 2.24) is 0 Å². The van der Waals surface area contributed by atoms with Crippen molar-refractivity contribution in [2.75, 3.05) is 0 Å². The summed E-state index contributed by atoms with van der Waals surface area (Å²) < 4.78 is 0. The molecule has 2 aliphatic heterocycles. The van der Waals surface area contributed by atoms with Gasteiger partial charge in [-0.3, -0.25) is 0 Å². The van der Waals surface area contributed by atoms with Crippen LogP contribution in [-0.4, -0.2) is 17.0 Å². The topological polar surface area (TPSA) is 0 Å². The second-order valence-corrected chi connectivity index (χ2v) is 18.0. The summed E-state index contributed by atoms with van der Waals surface area (Å²) in [6.07, 6.45) is 1.25. The number of rotatable bonds is 4. The molecule has 6 heteroatoms. The van der Waals surface area contributed by atoms with Crippen molar-refractivity contribution in [1.29, 1.82) is 0 Å². The molecular weight excluding hydrogens is 584 g/mol. The third-order valence-electron chi connectivity index (χ3n) is 6.83. The molecule has 4 atom stereocenters. The Labute approximate surface area is 214 Å². The van der Waals surface area contributed by atoms with Crippen LogP contribution in [0.25, 0.3) is 0 Å². The molecule has 3 aromatic carbocycles. The first kappa shape index (κ1) is 24.8. The molecule has 0 nitrogen and oxygen atoms in total. The van der Waals surface area contributed by atoms with Crippen LogP contribution >= 0.6 is 33.0 Å². The van der Waals surface area contributed by atoms with Crippen molar-refractivity contribution in [2.24, 2.45) is 0 Å². The van der Waals surface area contributed by atoms with Gasteiger partial charge in [0.25, 0.3) is 0 Å². The number of allylic oxidation sites excluding steroid dienone is 2. The molecule has 1 saturated heterocycles. The van der Waals surface area contributed by atoms with E-state index in [1.165, 1.54) is 22.3 Å². The fourth-order valence-electron chi connectivity index (χ4n) is 5.46. The van der Waals surface area contributed by atoms with Gasteiger partial charge in [-0.25, -0.2) is 0 Å². The number of benzene rings is 3. The molecule has 0 N–H and O–H groups in total. The first-order valence-corrected chi connectivity index (χ1v) is 18.9. The van der Waals surface area contributed by atoms with Crippen LogP contribution in [0.4, 0.5) is 0 Å². The molecule has 0 amide bonds. The number of fused-ring (bicyclic) bond motifs is 2. The van der Waals surface area contributed by atoms with E-state index in [2.05, 4.69) is 105 Å². The van der Waals surface area contributed by atoms with Gasteiger partial charge in [-0.15, -0.1) is 0 Å². The van der Waals surface area contributed by atoms with Gasteiger partial charge in [-0.05, 0) is 55.8 Å². The van der Waals surface area contributed by atoms with Gasteiger partial charge in [0.05, 0.1) is 0 Å².